The van der Waals surface area contributed by atoms with Gasteiger partial charge in [0.15, 0.2) is 5.13 Å². The van der Waals surface area contributed by atoms with E-state index in [2.05, 4.69) is 15.6 Å². The fraction of sp³-hybridized carbons (Fsp3) is 0.292. The monoisotopic (exact) mass is 451 g/mol. The highest BCUT2D eigenvalue weighted by Crippen LogP contribution is 2.38. The zero-order valence-electron chi connectivity index (χ0n) is 18.2. The van der Waals surface area contributed by atoms with Gasteiger partial charge in [0, 0.05) is 23.1 Å². The lowest BCUT2D eigenvalue weighted by Crippen LogP contribution is -2.28. The van der Waals surface area contributed by atoms with Crippen LogP contribution in [-0.4, -0.2) is 31.0 Å². The van der Waals surface area contributed by atoms with Gasteiger partial charge in [-0.25, -0.2) is 4.98 Å². The van der Waals surface area contributed by atoms with Crippen molar-refractivity contribution in [2.45, 2.75) is 32.2 Å². The number of benzene rings is 2. The van der Waals surface area contributed by atoms with Crippen LogP contribution in [0.4, 0.5) is 5.13 Å². The van der Waals surface area contributed by atoms with Crippen LogP contribution < -0.4 is 20.1 Å². The Labute approximate surface area is 190 Å². The summed E-state index contributed by atoms with van der Waals surface area (Å²) in [5, 5.41) is 6.34. The molecule has 4 rings (SSSR count). The van der Waals surface area contributed by atoms with E-state index < -0.39 is 0 Å². The molecular formula is C24H25N3O4S. The van der Waals surface area contributed by atoms with Crippen LogP contribution in [0, 0.1) is 6.92 Å². The first-order valence-electron chi connectivity index (χ1n) is 10.3. The summed E-state index contributed by atoms with van der Waals surface area (Å²) in [6.45, 7) is 2.52. The summed E-state index contributed by atoms with van der Waals surface area (Å²) in [4.78, 5) is 31.1. The lowest BCUT2D eigenvalue weighted by atomic mass is 10.1. The van der Waals surface area contributed by atoms with Crippen LogP contribution in [0.5, 0.6) is 11.5 Å². The predicted molar refractivity (Wildman–Crippen MR) is 124 cm³/mol. The number of fused-ring (bicyclic) bond motifs is 1. The van der Waals surface area contributed by atoms with Crippen molar-refractivity contribution in [3.63, 3.8) is 0 Å². The summed E-state index contributed by atoms with van der Waals surface area (Å²) in [6, 6.07) is 13.1. The van der Waals surface area contributed by atoms with E-state index in [1.807, 2.05) is 31.2 Å². The molecule has 1 unspecified atom stereocenters. The van der Waals surface area contributed by atoms with E-state index in [0.29, 0.717) is 28.7 Å². The lowest BCUT2D eigenvalue weighted by molar-refractivity contribution is -0.122. The Bertz CT molecular complexity index is 1120. The second kappa shape index (κ2) is 9.40. The van der Waals surface area contributed by atoms with Gasteiger partial charge in [-0.2, -0.15) is 0 Å². The van der Waals surface area contributed by atoms with Gasteiger partial charge < -0.3 is 14.8 Å². The van der Waals surface area contributed by atoms with Gasteiger partial charge in [0.05, 0.1) is 25.8 Å². The number of aryl methyl sites for hydroxylation is 2. The highest BCUT2D eigenvalue weighted by molar-refractivity contribution is 7.16. The number of nitrogens with one attached hydrogen (secondary N) is 2. The molecule has 1 aliphatic carbocycles. The van der Waals surface area contributed by atoms with E-state index in [0.717, 1.165) is 29.0 Å². The van der Waals surface area contributed by atoms with E-state index in [9.17, 15) is 9.59 Å². The quantitative estimate of drug-likeness (QED) is 0.565. The number of rotatable bonds is 7. The fourth-order valence-electron chi connectivity index (χ4n) is 3.66. The minimum absolute atomic E-state index is 0.0370. The molecule has 32 heavy (non-hydrogen) atoms. The Morgan fingerprint density at radius 3 is 2.44 bits per heavy atom. The molecule has 0 bridgehead atoms. The van der Waals surface area contributed by atoms with Crippen molar-refractivity contribution in [3.05, 3.63) is 69.7 Å². The number of aromatic nitrogens is 1. The Morgan fingerprint density at radius 2 is 1.78 bits per heavy atom. The van der Waals surface area contributed by atoms with Gasteiger partial charge in [-0.3, -0.25) is 14.9 Å². The second-order valence-electron chi connectivity index (χ2n) is 7.68. The number of ether oxygens (including phenoxy) is 2. The summed E-state index contributed by atoms with van der Waals surface area (Å²) < 4.78 is 10.5. The van der Waals surface area contributed by atoms with Crippen molar-refractivity contribution >= 4 is 28.3 Å². The average Bonchev–Trinajstić information content (AvgIpc) is 3.38. The van der Waals surface area contributed by atoms with Crippen molar-refractivity contribution in [1.29, 1.82) is 0 Å². The largest absolute Gasteiger partial charge is 0.497 e. The van der Waals surface area contributed by atoms with Crippen molar-refractivity contribution < 1.29 is 19.1 Å². The average molecular weight is 452 g/mol. The Hall–Kier alpha value is -3.39. The van der Waals surface area contributed by atoms with Gasteiger partial charge in [0.25, 0.3) is 5.91 Å². The first kappa shape index (κ1) is 21.8. The lowest BCUT2D eigenvalue weighted by Gasteiger charge is -2.11. The maximum atomic E-state index is 12.8. The van der Waals surface area contributed by atoms with Crippen molar-refractivity contribution in [1.82, 2.24) is 10.3 Å². The van der Waals surface area contributed by atoms with Gasteiger partial charge >= 0.3 is 0 Å². The van der Waals surface area contributed by atoms with Crippen LogP contribution in [0.1, 0.15) is 44.4 Å². The summed E-state index contributed by atoms with van der Waals surface area (Å²) in [6.07, 6.45) is 1.51. The molecule has 1 atom stereocenters. The highest BCUT2D eigenvalue weighted by atomic mass is 32.1. The maximum absolute atomic E-state index is 12.8. The summed E-state index contributed by atoms with van der Waals surface area (Å²) in [5.41, 5.74) is 3.41. The van der Waals surface area contributed by atoms with E-state index in [1.54, 1.807) is 18.2 Å². The van der Waals surface area contributed by atoms with E-state index in [4.69, 9.17) is 9.47 Å². The molecule has 1 aliphatic rings. The molecule has 166 valence electrons. The number of amides is 2. The SMILES string of the molecule is COc1cc(OC)cc(C(=O)Nc2nc3c(s2)CCC3C(=O)NCc2ccc(C)cc2)c1. The standard InChI is InChI=1S/C24H25N3O4S/c1-14-4-6-15(7-5-14)13-25-23(29)19-8-9-20-21(19)26-24(32-20)27-22(28)16-10-17(30-2)12-18(11-16)31-3/h4-7,10-12,19H,8-9,13H2,1-3H3,(H,25,29)(H,26,27,28). The Morgan fingerprint density at radius 1 is 1.09 bits per heavy atom. The zero-order chi connectivity index (χ0) is 22.7. The number of hydrogen-bond donors (Lipinski definition) is 2. The molecule has 1 aromatic heterocycles. The van der Waals surface area contributed by atoms with Gasteiger partial charge in [-0.15, -0.1) is 11.3 Å². The number of carbonyl (C=O) groups excluding carboxylic acids is 2. The molecular weight excluding hydrogens is 426 g/mol. The fourth-order valence-corrected chi connectivity index (χ4v) is 4.70. The molecule has 2 N–H and O–H groups in total. The molecule has 0 radical (unpaired) electrons. The minimum Gasteiger partial charge on any atom is -0.497 e. The minimum atomic E-state index is -0.310. The van der Waals surface area contributed by atoms with Crippen LogP contribution in [0.2, 0.25) is 0 Å². The first-order chi connectivity index (χ1) is 15.5. The third-order valence-corrected chi connectivity index (χ3v) is 6.50. The Balaban J connectivity index is 1.42. The van der Waals surface area contributed by atoms with Crippen LogP contribution in [0.3, 0.4) is 0 Å². The van der Waals surface area contributed by atoms with Crippen LogP contribution in [0.25, 0.3) is 0 Å². The van der Waals surface area contributed by atoms with Crippen molar-refractivity contribution in [2.24, 2.45) is 0 Å². The summed E-state index contributed by atoms with van der Waals surface area (Å²) in [5.74, 6) is 0.414. The molecule has 1 heterocycles. The molecule has 0 saturated carbocycles. The molecule has 0 saturated heterocycles. The van der Waals surface area contributed by atoms with Crippen molar-refractivity contribution in [3.8, 4) is 11.5 Å². The topological polar surface area (TPSA) is 89.6 Å². The number of methoxy groups -OCH3 is 2. The molecule has 0 fully saturated rings. The number of nitrogens with zero attached hydrogens (tertiary/aromatic N) is 1. The van der Waals surface area contributed by atoms with Crippen LogP contribution in [0.15, 0.2) is 42.5 Å². The van der Waals surface area contributed by atoms with Gasteiger partial charge in [-0.05, 0) is 37.5 Å². The summed E-state index contributed by atoms with van der Waals surface area (Å²) >= 11 is 1.42. The summed E-state index contributed by atoms with van der Waals surface area (Å²) in [7, 11) is 3.07. The number of thiazole rings is 1. The maximum Gasteiger partial charge on any atom is 0.257 e. The normalized spacial score (nSPS) is 14.5. The van der Waals surface area contributed by atoms with Crippen LogP contribution >= 0.6 is 11.3 Å². The van der Waals surface area contributed by atoms with Gasteiger partial charge in [-0.1, -0.05) is 29.8 Å². The zero-order valence-corrected chi connectivity index (χ0v) is 19.0. The Kier molecular flexibility index (Phi) is 6.41. The smallest absolute Gasteiger partial charge is 0.257 e. The van der Waals surface area contributed by atoms with E-state index >= 15 is 0 Å². The number of anilines is 1. The molecule has 2 aromatic carbocycles. The number of carbonyl (C=O) groups is 2. The third kappa shape index (κ3) is 4.75. The van der Waals surface area contributed by atoms with E-state index in [1.165, 1.54) is 31.1 Å². The predicted octanol–water partition coefficient (Wildman–Crippen LogP) is 4.07. The first-order valence-corrected chi connectivity index (χ1v) is 11.2. The molecule has 0 spiro atoms. The van der Waals surface area contributed by atoms with Crippen LogP contribution in [-0.2, 0) is 17.8 Å². The molecule has 2 amide bonds. The van der Waals surface area contributed by atoms with Gasteiger partial charge in [0.1, 0.15) is 11.5 Å². The van der Waals surface area contributed by atoms with E-state index in [-0.39, 0.29) is 17.7 Å². The molecule has 3 aromatic rings. The second-order valence-corrected chi connectivity index (χ2v) is 8.76. The molecule has 8 heteroatoms. The molecule has 0 aliphatic heterocycles. The van der Waals surface area contributed by atoms with Gasteiger partial charge in [0.2, 0.25) is 5.91 Å². The highest BCUT2D eigenvalue weighted by Gasteiger charge is 2.32. The third-order valence-electron chi connectivity index (χ3n) is 5.46. The van der Waals surface area contributed by atoms with Crippen molar-refractivity contribution in [2.75, 3.05) is 19.5 Å². The molecule has 7 nitrogen and oxygen atoms in total. The number of hydrogen-bond acceptors (Lipinski definition) is 6.